The van der Waals surface area contributed by atoms with E-state index in [2.05, 4.69) is 34.6 Å². The van der Waals surface area contributed by atoms with E-state index in [-0.39, 0.29) is 12.5 Å². The van der Waals surface area contributed by atoms with E-state index in [9.17, 15) is 9.59 Å². The van der Waals surface area contributed by atoms with Crippen LogP contribution in [0.15, 0.2) is 47.6 Å². The van der Waals surface area contributed by atoms with E-state index in [0.29, 0.717) is 30.3 Å². The molecule has 158 valence electrons. The highest BCUT2D eigenvalue weighted by atomic mass is 16.6. The van der Waals surface area contributed by atoms with Gasteiger partial charge in [0.05, 0.1) is 12.8 Å². The fourth-order valence-corrected chi connectivity index (χ4v) is 3.03. The molecule has 1 heterocycles. The van der Waals surface area contributed by atoms with Crippen LogP contribution < -0.4 is 25.1 Å². The molecule has 30 heavy (non-hydrogen) atoms. The van der Waals surface area contributed by atoms with E-state index in [1.807, 2.05) is 24.3 Å². The molecule has 8 nitrogen and oxygen atoms in total. The van der Waals surface area contributed by atoms with Crippen LogP contribution in [0, 0.1) is 0 Å². The molecule has 2 amide bonds. The van der Waals surface area contributed by atoms with E-state index in [4.69, 9.17) is 9.47 Å². The number of nitrogens with zero attached hydrogens (tertiary/aromatic N) is 2. The van der Waals surface area contributed by atoms with Gasteiger partial charge in [0, 0.05) is 24.3 Å². The fraction of sp³-hybridized carbons (Fsp3) is 0.318. The lowest BCUT2D eigenvalue weighted by Crippen LogP contribution is -2.35. The van der Waals surface area contributed by atoms with Gasteiger partial charge in [-0.15, -0.1) is 0 Å². The van der Waals surface area contributed by atoms with Crippen LogP contribution >= 0.6 is 0 Å². The number of nitrogens with one attached hydrogen (secondary N) is 2. The lowest BCUT2D eigenvalue weighted by atomic mass is 10.2. The molecule has 0 saturated carbocycles. The van der Waals surface area contributed by atoms with E-state index < -0.39 is 5.91 Å². The summed E-state index contributed by atoms with van der Waals surface area (Å²) in [5.74, 6) is 0.333. The van der Waals surface area contributed by atoms with Crippen molar-refractivity contribution in [3.05, 3.63) is 53.6 Å². The largest absolute Gasteiger partial charge is 0.486 e. The van der Waals surface area contributed by atoms with Crippen LogP contribution in [0.2, 0.25) is 0 Å². The lowest BCUT2D eigenvalue weighted by molar-refractivity contribution is -0.120. The number of amides is 2. The highest BCUT2D eigenvalue weighted by Crippen LogP contribution is 2.30. The summed E-state index contributed by atoms with van der Waals surface area (Å²) in [6.45, 7) is 6.85. The Kier molecular flexibility index (Phi) is 7.26. The fourth-order valence-electron chi connectivity index (χ4n) is 3.03. The van der Waals surface area contributed by atoms with Crippen molar-refractivity contribution in [2.24, 2.45) is 5.10 Å². The maximum atomic E-state index is 12.2. The minimum absolute atomic E-state index is 0.189. The first-order valence-corrected chi connectivity index (χ1v) is 9.95. The van der Waals surface area contributed by atoms with Crippen molar-refractivity contribution in [2.45, 2.75) is 13.8 Å². The molecule has 2 aromatic carbocycles. The molecule has 3 rings (SSSR count). The molecule has 0 unspecified atom stereocenters. The molecule has 0 fully saturated rings. The number of hydrazone groups is 1. The standard InChI is InChI=1S/C22H26N4O4/c1-3-26(4-2)18-8-5-16(6-9-18)14-24-25-21(27)15-23-22(28)17-7-10-19-20(13-17)30-12-11-29-19/h5-10,13-14H,3-4,11-12,15H2,1-2H3,(H,23,28)(H,25,27)/b24-14-. The summed E-state index contributed by atoms with van der Waals surface area (Å²) in [6, 6.07) is 12.8. The van der Waals surface area contributed by atoms with E-state index in [1.54, 1.807) is 24.4 Å². The number of fused-ring (bicyclic) bond motifs is 1. The maximum absolute atomic E-state index is 12.2. The number of rotatable bonds is 8. The SMILES string of the molecule is CCN(CC)c1ccc(/C=N\NC(=O)CNC(=O)c2ccc3c(c2)OCCO3)cc1. The predicted octanol–water partition coefficient (Wildman–Crippen LogP) is 2.18. The van der Waals surface area contributed by atoms with E-state index in [0.717, 1.165) is 24.3 Å². The zero-order valence-electron chi connectivity index (χ0n) is 17.2. The van der Waals surface area contributed by atoms with E-state index >= 15 is 0 Å². The Morgan fingerprint density at radius 2 is 1.73 bits per heavy atom. The third-order valence-corrected chi connectivity index (χ3v) is 4.64. The summed E-state index contributed by atoms with van der Waals surface area (Å²) in [7, 11) is 0. The van der Waals surface area contributed by atoms with Crippen molar-refractivity contribution in [3.63, 3.8) is 0 Å². The Morgan fingerprint density at radius 3 is 2.43 bits per heavy atom. The molecule has 0 radical (unpaired) electrons. The summed E-state index contributed by atoms with van der Waals surface area (Å²) >= 11 is 0. The van der Waals surface area contributed by atoms with Gasteiger partial charge in [-0.05, 0) is 49.7 Å². The molecule has 1 aliphatic heterocycles. The molecular weight excluding hydrogens is 384 g/mol. The molecule has 0 spiro atoms. The molecule has 0 aromatic heterocycles. The number of carbonyl (C=O) groups is 2. The molecule has 0 bridgehead atoms. The summed E-state index contributed by atoms with van der Waals surface area (Å²) in [5.41, 5.74) is 4.81. The molecular formula is C22H26N4O4. The maximum Gasteiger partial charge on any atom is 0.259 e. The van der Waals surface area contributed by atoms with Crippen LogP contribution in [0.25, 0.3) is 0 Å². The molecule has 0 saturated heterocycles. The average molecular weight is 410 g/mol. The summed E-state index contributed by atoms with van der Waals surface area (Å²) in [6.07, 6.45) is 1.56. The highest BCUT2D eigenvalue weighted by Gasteiger charge is 2.15. The molecule has 8 heteroatoms. The third-order valence-electron chi connectivity index (χ3n) is 4.64. The van der Waals surface area contributed by atoms with Crippen molar-refractivity contribution >= 4 is 23.7 Å². The van der Waals surface area contributed by atoms with Crippen molar-refractivity contribution in [2.75, 3.05) is 37.7 Å². The minimum atomic E-state index is -0.420. The zero-order chi connectivity index (χ0) is 21.3. The van der Waals surface area contributed by atoms with Gasteiger partial charge in [-0.25, -0.2) is 5.43 Å². The minimum Gasteiger partial charge on any atom is -0.486 e. The third kappa shape index (κ3) is 5.50. The van der Waals surface area contributed by atoms with Gasteiger partial charge in [0.25, 0.3) is 11.8 Å². The summed E-state index contributed by atoms with van der Waals surface area (Å²) < 4.78 is 10.9. The van der Waals surface area contributed by atoms with Crippen molar-refractivity contribution in [1.29, 1.82) is 0 Å². The molecule has 1 aliphatic rings. The second-order valence-electron chi connectivity index (χ2n) is 6.60. The van der Waals surface area contributed by atoms with E-state index in [1.165, 1.54) is 0 Å². The Balaban J connectivity index is 1.46. The average Bonchev–Trinajstić information content (AvgIpc) is 2.79. The number of ether oxygens (including phenoxy) is 2. The number of carbonyl (C=O) groups excluding carboxylic acids is 2. The Labute approximate surface area is 175 Å². The molecule has 0 aliphatic carbocycles. The van der Waals surface area contributed by atoms with Gasteiger partial charge in [-0.1, -0.05) is 12.1 Å². The molecule has 2 aromatic rings. The second kappa shape index (κ2) is 10.3. The molecule has 0 atom stereocenters. The van der Waals surface area contributed by atoms with Crippen LogP contribution in [0.3, 0.4) is 0 Å². The lowest BCUT2D eigenvalue weighted by Gasteiger charge is -2.20. The topological polar surface area (TPSA) is 92.3 Å². The predicted molar refractivity (Wildman–Crippen MR) is 116 cm³/mol. The van der Waals surface area contributed by atoms with Crippen LogP contribution in [0.4, 0.5) is 5.69 Å². The van der Waals surface area contributed by atoms with Gasteiger partial charge >= 0.3 is 0 Å². The Bertz CT molecular complexity index is 908. The van der Waals surface area contributed by atoms with Crippen molar-refractivity contribution < 1.29 is 19.1 Å². The second-order valence-corrected chi connectivity index (χ2v) is 6.60. The smallest absolute Gasteiger partial charge is 0.259 e. The number of hydrogen-bond donors (Lipinski definition) is 2. The highest BCUT2D eigenvalue weighted by molar-refractivity contribution is 5.97. The van der Waals surface area contributed by atoms with Gasteiger partial charge in [0.2, 0.25) is 0 Å². The van der Waals surface area contributed by atoms with Gasteiger partial charge < -0.3 is 19.7 Å². The van der Waals surface area contributed by atoms with Gasteiger partial charge in [0.15, 0.2) is 11.5 Å². The summed E-state index contributed by atoms with van der Waals surface area (Å²) in [5, 5.41) is 6.50. The Morgan fingerprint density at radius 1 is 1.03 bits per heavy atom. The molecule has 2 N–H and O–H groups in total. The van der Waals surface area contributed by atoms with Crippen LogP contribution in [-0.4, -0.2) is 50.9 Å². The first-order chi connectivity index (χ1) is 14.6. The number of benzene rings is 2. The van der Waals surface area contributed by atoms with Crippen LogP contribution in [0.1, 0.15) is 29.8 Å². The quantitative estimate of drug-likeness (QED) is 0.514. The summed E-state index contributed by atoms with van der Waals surface area (Å²) in [4.78, 5) is 26.4. The van der Waals surface area contributed by atoms with Crippen molar-refractivity contribution in [3.8, 4) is 11.5 Å². The van der Waals surface area contributed by atoms with Crippen LogP contribution in [-0.2, 0) is 4.79 Å². The normalized spacial score (nSPS) is 12.5. The Hall–Kier alpha value is -3.55. The monoisotopic (exact) mass is 410 g/mol. The first kappa shape index (κ1) is 21.2. The van der Waals surface area contributed by atoms with Gasteiger partial charge in [0.1, 0.15) is 13.2 Å². The van der Waals surface area contributed by atoms with Gasteiger partial charge in [-0.3, -0.25) is 9.59 Å². The number of hydrogen-bond acceptors (Lipinski definition) is 6. The number of anilines is 1. The zero-order valence-corrected chi connectivity index (χ0v) is 17.2. The van der Waals surface area contributed by atoms with Gasteiger partial charge in [-0.2, -0.15) is 5.10 Å². The first-order valence-electron chi connectivity index (χ1n) is 9.95. The van der Waals surface area contributed by atoms with Crippen molar-refractivity contribution in [1.82, 2.24) is 10.7 Å². The van der Waals surface area contributed by atoms with Crippen LogP contribution in [0.5, 0.6) is 11.5 Å².